The van der Waals surface area contributed by atoms with Crippen LogP contribution in [-0.2, 0) is 21.7 Å². The quantitative estimate of drug-likeness (QED) is 0.509. The normalized spacial score (nSPS) is 9.67. The van der Waals surface area contributed by atoms with Crippen molar-refractivity contribution < 1.29 is 21.7 Å². The third-order valence-electron chi connectivity index (χ3n) is 3.20. The standard InChI is InChI=1S/C15H19NSi.2C2H6N.Ti/c1-12-8-7-9-13(2)15(12)16-17(3,4)14-10-5-6-11-14;2*1-3-2;/h5-11H,1-4H3;2*1-2H3;/q-2;2*-1;. The van der Waals surface area contributed by atoms with Crippen LogP contribution < -0.4 is 5.19 Å². The Balaban J connectivity index is 0. The molecule has 0 radical (unpaired) electrons. The second-order valence-corrected chi connectivity index (χ2v) is 9.90. The fourth-order valence-corrected chi connectivity index (χ4v) is 4.16. The predicted octanol–water partition coefficient (Wildman–Crippen LogP) is 5.38. The van der Waals surface area contributed by atoms with Gasteiger partial charge in [0.1, 0.15) is 0 Å². The van der Waals surface area contributed by atoms with E-state index in [0.717, 1.165) is 0 Å². The Morgan fingerprint density at radius 1 is 0.792 bits per heavy atom. The molecule has 0 unspecified atom stereocenters. The molecule has 2 aromatic rings. The van der Waals surface area contributed by atoms with Gasteiger partial charge < -0.3 is 15.6 Å². The molecule has 0 saturated heterocycles. The van der Waals surface area contributed by atoms with Crippen molar-refractivity contribution in [3.8, 4) is 0 Å². The molecule has 134 valence electrons. The van der Waals surface area contributed by atoms with Gasteiger partial charge in [-0.25, -0.2) is 12.1 Å². The van der Waals surface area contributed by atoms with Crippen LogP contribution in [0.25, 0.3) is 15.6 Å². The van der Waals surface area contributed by atoms with Gasteiger partial charge in [-0.3, -0.25) is 0 Å². The average Bonchev–Trinajstić information content (AvgIpc) is 3.00. The van der Waals surface area contributed by atoms with Crippen LogP contribution >= 0.6 is 0 Å². The van der Waals surface area contributed by atoms with Crippen molar-refractivity contribution in [1.82, 2.24) is 0 Å². The fourth-order valence-electron chi connectivity index (χ4n) is 2.11. The van der Waals surface area contributed by atoms with E-state index in [9.17, 15) is 0 Å². The fraction of sp³-hybridized carbons (Fsp3) is 0.421. The Kier molecular flexibility index (Phi) is 14.3. The third-order valence-corrected chi connectivity index (χ3v) is 5.73. The van der Waals surface area contributed by atoms with Crippen LogP contribution in [-0.4, -0.2) is 36.4 Å². The van der Waals surface area contributed by atoms with Crippen LogP contribution in [0.5, 0.6) is 0 Å². The minimum absolute atomic E-state index is 0. The molecular weight excluding hydrogens is 346 g/mol. The summed E-state index contributed by atoms with van der Waals surface area (Å²) < 4.78 is 0. The molecule has 0 aliphatic rings. The maximum absolute atomic E-state index is 5.07. The molecule has 3 nitrogen and oxygen atoms in total. The van der Waals surface area contributed by atoms with E-state index in [-0.39, 0.29) is 21.7 Å². The number of benzene rings is 1. The summed E-state index contributed by atoms with van der Waals surface area (Å²) in [5.74, 6) is 0. The summed E-state index contributed by atoms with van der Waals surface area (Å²) >= 11 is 0. The van der Waals surface area contributed by atoms with Crippen LogP contribution in [0.4, 0.5) is 5.69 Å². The van der Waals surface area contributed by atoms with Gasteiger partial charge in [-0.2, -0.15) is 45.5 Å². The number of nitrogens with zero attached hydrogens (tertiary/aromatic N) is 3. The minimum atomic E-state index is -1.71. The zero-order valence-corrected chi connectivity index (χ0v) is 18.9. The van der Waals surface area contributed by atoms with Gasteiger partial charge in [0.25, 0.3) is 0 Å². The molecule has 0 bridgehead atoms. The van der Waals surface area contributed by atoms with Crippen LogP contribution in [0.2, 0.25) is 13.1 Å². The van der Waals surface area contributed by atoms with Crippen molar-refractivity contribution in [2.75, 3.05) is 28.2 Å². The molecule has 0 spiro atoms. The molecule has 0 atom stereocenters. The van der Waals surface area contributed by atoms with Gasteiger partial charge in [0, 0.05) is 21.7 Å². The zero-order valence-electron chi connectivity index (χ0n) is 16.4. The summed E-state index contributed by atoms with van der Waals surface area (Å²) in [5, 5.41) is 8.40. The van der Waals surface area contributed by atoms with Gasteiger partial charge >= 0.3 is 0 Å². The first-order chi connectivity index (χ1) is 10.8. The van der Waals surface area contributed by atoms with Crippen molar-refractivity contribution in [2.45, 2.75) is 26.9 Å². The Hall–Kier alpha value is -0.779. The maximum atomic E-state index is 5.07. The van der Waals surface area contributed by atoms with E-state index in [0.29, 0.717) is 0 Å². The minimum Gasteiger partial charge on any atom is -0.692 e. The summed E-state index contributed by atoms with van der Waals surface area (Å²) in [7, 11) is 5.29. The first-order valence-corrected chi connectivity index (χ1v) is 10.8. The molecule has 0 aliphatic carbocycles. The summed E-state index contributed by atoms with van der Waals surface area (Å²) in [6.07, 6.45) is 0. The molecule has 0 amide bonds. The SMILES string of the molecule is C[N-]C.C[N-]C.Cc1cccc(C)c1[N-][Si](C)(C)[c-]1cccc1.[Ti]. The number of aryl methyl sites for hydroxylation is 2. The molecule has 0 heterocycles. The first kappa shape index (κ1) is 25.5. The summed E-state index contributed by atoms with van der Waals surface area (Å²) in [6.45, 7) is 8.88. The largest absolute Gasteiger partial charge is 0.692 e. The van der Waals surface area contributed by atoms with Crippen molar-refractivity contribution in [2.24, 2.45) is 0 Å². The third kappa shape index (κ3) is 8.90. The van der Waals surface area contributed by atoms with Crippen LogP contribution in [0.15, 0.2) is 42.5 Å². The number of hydrogen-bond acceptors (Lipinski definition) is 0. The monoisotopic (exact) mass is 377 g/mol. The van der Waals surface area contributed by atoms with Crippen molar-refractivity contribution >= 4 is 19.1 Å². The smallest absolute Gasteiger partial charge is 0 e. The average molecular weight is 377 g/mol. The van der Waals surface area contributed by atoms with Gasteiger partial charge in [-0.15, -0.1) is 5.69 Å². The van der Waals surface area contributed by atoms with Gasteiger partial charge in [0.15, 0.2) is 0 Å². The van der Waals surface area contributed by atoms with Crippen molar-refractivity contribution in [1.29, 1.82) is 0 Å². The van der Waals surface area contributed by atoms with Crippen LogP contribution in [0, 0.1) is 13.8 Å². The molecule has 5 heteroatoms. The van der Waals surface area contributed by atoms with Gasteiger partial charge in [0.2, 0.25) is 0 Å². The molecule has 0 aliphatic heterocycles. The van der Waals surface area contributed by atoms with E-state index in [4.69, 9.17) is 4.98 Å². The van der Waals surface area contributed by atoms with Crippen molar-refractivity contribution in [3.05, 3.63) is 69.2 Å². The van der Waals surface area contributed by atoms with Gasteiger partial charge in [0.05, 0.1) is 0 Å². The van der Waals surface area contributed by atoms with E-state index < -0.39 is 8.24 Å². The van der Waals surface area contributed by atoms with E-state index in [1.165, 1.54) is 22.0 Å². The summed E-state index contributed by atoms with van der Waals surface area (Å²) in [6, 6.07) is 15.0. The van der Waals surface area contributed by atoms with Crippen LogP contribution in [0.3, 0.4) is 0 Å². The molecule has 2 aromatic carbocycles. The van der Waals surface area contributed by atoms with E-state index in [2.05, 4.69) is 80.0 Å². The van der Waals surface area contributed by atoms with E-state index >= 15 is 0 Å². The first-order valence-electron chi connectivity index (χ1n) is 7.81. The Labute approximate surface area is 165 Å². The molecule has 2 rings (SSSR count). The number of hydrogen-bond donors (Lipinski definition) is 0. The molecular formula is C19H31N3SiTi-4. The molecule has 0 N–H and O–H groups in total. The maximum Gasteiger partial charge on any atom is 0 e. The molecule has 0 aromatic heterocycles. The number of rotatable bonds is 3. The van der Waals surface area contributed by atoms with Crippen molar-refractivity contribution in [3.63, 3.8) is 0 Å². The van der Waals surface area contributed by atoms with Gasteiger partial charge in [-0.05, 0) is 13.8 Å². The van der Waals surface area contributed by atoms with Crippen LogP contribution in [0.1, 0.15) is 11.1 Å². The van der Waals surface area contributed by atoms with E-state index in [1.54, 1.807) is 28.2 Å². The molecule has 24 heavy (non-hydrogen) atoms. The Morgan fingerprint density at radius 2 is 1.17 bits per heavy atom. The summed E-state index contributed by atoms with van der Waals surface area (Å²) in [5.41, 5.74) is 3.74. The van der Waals surface area contributed by atoms with Gasteiger partial charge in [-0.1, -0.05) is 50.7 Å². The topological polar surface area (TPSA) is 42.3 Å². The zero-order chi connectivity index (χ0) is 17.9. The Morgan fingerprint density at radius 3 is 1.54 bits per heavy atom. The Bertz CT molecular complexity index is 517. The predicted molar refractivity (Wildman–Crippen MR) is 109 cm³/mol. The second-order valence-electron chi connectivity index (χ2n) is 5.98. The molecule has 0 saturated carbocycles. The second kappa shape index (κ2) is 13.5. The van der Waals surface area contributed by atoms with E-state index in [1.807, 2.05) is 0 Å². The molecule has 0 fully saturated rings. The summed E-state index contributed by atoms with van der Waals surface area (Å²) in [4.78, 5) is 5.07.